The van der Waals surface area contributed by atoms with E-state index in [1.807, 2.05) is 41.9 Å². The lowest BCUT2D eigenvalue weighted by Gasteiger charge is -2.23. The zero-order valence-corrected chi connectivity index (χ0v) is 13.8. The lowest BCUT2D eigenvalue weighted by molar-refractivity contribution is -0.144. The van der Waals surface area contributed by atoms with Gasteiger partial charge in [-0.15, -0.1) is 0 Å². The van der Waals surface area contributed by atoms with Gasteiger partial charge in [0.1, 0.15) is 5.69 Å². The van der Waals surface area contributed by atoms with Gasteiger partial charge < -0.3 is 14.2 Å². The fraction of sp³-hybridized carbons (Fsp3) is 0.389. The Labute approximate surface area is 140 Å². The summed E-state index contributed by atoms with van der Waals surface area (Å²) in [6.07, 6.45) is 0.254. The molecule has 0 saturated carbocycles. The molecular weight excluding hydrogens is 308 g/mol. The fourth-order valence-corrected chi connectivity index (χ4v) is 3.23. The SMILES string of the molecule is CCOC(=O)CC1CC(=O)CN1C(=O)c1cc2ccccc2n1C. The van der Waals surface area contributed by atoms with Gasteiger partial charge in [0, 0.05) is 30.4 Å². The summed E-state index contributed by atoms with van der Waals surface area (Å²) < 4.78 is 6.77. The molecule has 24 heavy (non-hydrogen) atoms. The van der Waals surface area contributed by atoms with Gasteiger partial charge in [0.15, 0.2) is 5.78 Å². The minimum atomic E-state index is -0.429. The highest BCUT2D eigenvalue weighted by molar-refractivity contribution is 6.02. The Morgan fingerprint density at radius 2 is 2.04 bits per heavy atom. The standard InChI is InChI=1S/C18H20N2O4/c1-3-24-17(22)10-13-9-14(21)11-20(13)18(23)16-8-12-6-4-5-7-15(12)19(16)2/h4-8,13H,3,9-11H2,1-2H3. The number of carbonyl (C=O) groups is 3. The average molecular weight is 328 g/mol. The first-order valence-electron chi connectivity index (χ1n) is 8.04. The summed E-state index contributed by atoms with van der Waals surface area (Å²) in [4.78, 5) is 38.0. The number of Topliss-reactive ketones (excluding diaryl/α,β-unsaturated/α-hetero) is 1. The number of aromatic nitrogens is 1. The molecule has 6 heteroatoms. The highest BCUT2D eigenvalue weighted by Gasteiger charge is 2.37. The molecule has 1 aliphatic rings. The number of ketones is 1. The van der Waals surface area contributed by atoms with Crippen molar-refractivity contribution in [3.63, 3.8) is 0 Å². The maximum absolute atomic E-state index is 12.9. The van der Waals surface area contributed by atoms with Crippen molar-refractivity contribution in [2.24, 2.45) is 7.05 Å². The summed E-state index contributed by atoms with van der Waals surface area (Å²) in [5.74, 6) is -0.641. The van der Waals surface area contributed by atoms with E-state index in [2.05, 4.69) is 0 Å². The van der Waals surface area contributed by atoms with Crippen LogP contribution in [-0.4, -0.2) is 46.3 Å². The molecule has 0 radical (unpaired) electrons. The number of aryl methyl sites for hydroxylation is 1. The zero-order chi connectivity index (χ0) is 17.3. The summed E-state index contributed by atoms with van der Waals surface area (Å²) in [6, 6.07) is 9.11. The largest absolute Gasteiger partial charge is 0.466 e. The second-order valence-corrected chi connectivity index (χ2v) is 5.99. The van der Waals surface area contributed by atoms with E-state index in [0.29, 0.717) is 5.69 Å². The van der Waals surface area contributed by atoms with Crippen LogP contribution in [0.1, 0.15) is 30.3 Å². The Kier molecular flexibility index (Phi) is 4.38. The molecule has 0 bridgehead atoms. The lowest BCUT2D eigenvalue weighted by atomic mass is 10.1. The van der Waals surface area contributed by atoms with Crippen LogP contribution in [0.15, 0.2) is 30.3 Å². The number of fused-ring (bicyclic) bond motifs is 1. The molecule has 1 aromatic carbocycles. The maximum atomic E-state index is 12.9. The van der Waals surface area contributed by atoms with Crippen molar-refractivity contribution in [3.05, 3.63) is 36.0 Å². The molecule has 3 rings (SSSR count). The Morgan fingerprint density at radius 1 is 1.29 bits per heavy atom. The van der Waals surface area contributed by atoms with Crippen LogP contribution in [0.5, 0.6) is 0 Å². The van der Waals surface area contributed by atoms with Crippen molar-refractivity contribution < 1.29 is 19.1 Å². The molecule has 1 atom stereocenters. The van der Waals surface area contributed by atoms with Crippen molar-refractivity contribution in [2.75, 3.05) is 13.2 Å². The first-order valence-corrected chi connectivity index (χ1v) is 8.04. The molecule has 1 fully saturated rings. The Bertz CT molecular complexity index is 808. The molecule has 1 aliphatic heterocycles. The van der Waals surface area contributed by atoms with Gasteiger partial charge in [-0.3, -0.25) is 14.4 Å². The van der Waals surface area contributed by atoms with E-state index >= 15 is 0 Å². The quantitative estimate of drug-likeness (QED) is 0.804. The average Bonchev–Trinajstić information content (AvgIpc) is 3.08. The maximum Gasteiger partial charge on any atom is 0.307 e. The molecule has 2 aromatic rings. The second-order valence-electron chi connectivity index (χ2n) is 5.99. The third-order valence-electron chi connectivity index (χ3n) is 4.39. The van der Waals surface area contributed by atoms with Gasteiger partial charge in [-0.05, 0) is 19.1 Å². The molecule has 126 valence electrons. The third kappa shape index (κ3) is 2.91. The number of carbonyl (C=O) groups excluding carboxylic acids is 3. The molecule has 6 nitrogen and oxygen atoms in total. The van der Waals surface area contributed by atoms with Crippen LogP contribution in [0.4, 0.5) is 0 Å². The molecule has 2 heterocycles. The molecule has 0 aliphatic carbocycles. The number of ether oxygens (including phenoxy) is 1. The summed E-state index contributed by atoms with van der Waals surface area (Å²) in [5, 5.41) is 0.968. The Morgan fingerprint density at radius 3 is 2.75 bits per heavy atom. The number of amides is 1. The number of esters is 1. The van der Waals surface area contributed by atoms with E-state index in [0.717, 1.165) is 10.9 Å². The van der Waals surface area contributed by atoms with E-state index in [4.69, 9.17) is 4.74 Å². The molecule has 0 spiro atoms. The van der Waals surface area contributed by atoms with Crippen molar-refractivity contribution >= 4 is 28.6 Å². The molecule has 0 N–H and O–H groups in total. The highest BCUT2D eigenvalue weighted by atomic mass is 16.5. The number of para-hydroxylation sites is 1. The zero-order valence-electron chi connectivity index (χ0n) is 13.8. The van der Waals surface area contributed by atoms with Gasteiger partial charge >= 0.3 is 5.97 Å². The van der Waals surface area contributed by atoms with Gasteiger partial charge in [-0.2, -0.15) is 0 Å². The topological polar surface area (TPSA) is 68.6 Å². The number of nitrogens with zero attached hydrogens (tertiary/aromatic N) is 2. The second kappa shape index (κ2) is 6.47. The lowest BCUT2D eigenvalue weighted by Crippen LogP contribution is -2.38. The molecule has 1 unspecified atom stereocenters. The Hall–Kier alpha value is -2.63. The third-order valence-corrected chi connectivity index (χ3v) is 4.39. The predicted octanol–water partition coefficient (Wildman–Crippen LogP) is 1.92. The van der Waals surface area contributed by atoms with Crippen molar-refractivity contribution in [1.82, 2.24) is 9.47 Å². The monoisotopic (exact) mass is 328 g/mol. The molecule has 1 amide bonds. The summed E-state index contributed by atoms with van der Waals surface area (Å²) >= 11 is 0. The normalized spacial score (nSPS) is 17.5. The summed E-state index contributed by atoms with van der Waals surface area (Å²) in [5.41, 5.74) is 1.47. The van der Waals surface area contributed by atoms with E-state index in [-0.39, 0.29) is 43.7 Å². The van der Waals surface area contributed by atoms with Gasteiger partial charge in [0.25, 0.3) is 5.91 Å². The predicted molar refractivity (Wildman–Crippen MR) is 88.6 cm³/mol. The smallest absolute Gasteiger partial charge is 0.307 e. The van der Waals surface area contributed by atoms with Crippen LogP contribution in [-0.2, 0) is 21.4 Å². The van der Waals surface area contributed by atoms with E-state index in [1.54, 1.807) is 6.92 Å². The number of rotatable bonds is 4. The minimum absolute atomic E-state index is 0.0311. The number of benzene rings is 1. The van der Waals surface area contributed by atoms with Crippen LogP contribution in [0.25, 0.3) is 10.9 Å². The van der Waals surface area contributed by atoms with Gasteiger partial charge in [0.05, 0.1) is 19.6 Å². The van der Waals surface area contributed by atoms with Gasteiger partial charge in [-0.1, -0.05) is 18.2 Å². The fourth-order valence-electron chi connectivity index (χ4n) is 3.23. The molecule has 1 saturated heterocycles. The minimum Gasteiger partial charge on any atom is -0.466 e. The van der Waals surface area contributed by atoms with Crippen molar-refractivity contribution in [1.29, 1.82) is 0 Å². The van der Waals surface area contributed by atoms with E-state index in [9.17, 15) is 14.4 Å². The number of likely N-dealkylation sites (tertiary alicyclic amines) is 1. The molecule has 1 aromatic heterocycles. The van der Waals surface area contributed by atoms with E-state index in [1.165, 1.54) is 4.90 Å². The van der Waals surface area contributed by atoms with Crippen LogP contribution in [0.3, 0.4) is 0 Å². The van der Waals surface area contributed by atoms with Crippen LogP contribution in [0, 0.1) is 0 Å². The van der Waals surface area contributed by atoms with E-state index < -0.39 is 6.04 Å². The van der Waals surface area contributed by atoms with Gasteiger partial charge in [-0.25, -0.2) is 0 Å². The van der Waals surface area contributed by atoms with Crippen LogP contribution in [0.2, 0.25) is 0 Å². The first kappa shape index (κ1) is 16.2. The summed E-state index contributed by atoms with van der Waals surface area (Å²) in [7, 11) is 1.83. The summed E-state index contributed by atoms with van der Waals surface area (Å²) in [6.45, 7) is 2.07. The van der Waals surface area contributed by atoms with Gasteiger partial charge in [0.2, 0.25) is 0 Å². The van der Waals surface area contributed by atoms with Crippen LogP contribution >= 0.6 is 0 Å². The molecular formula is C18H20N2O4. The van der Waals surface area contributed by atoms with Crippen molar-refractivity contribution in [3.8, 4) is 0 Å². The number of hydrogen-bond acceptors (Lipinski definition) is 4. The highest BCUT2D eigenvalue weighted by Crippen LogP contribution is 2.24. The number of hydrogen-bond donors (Lipinski definition) is 0. The first-order chi connectivity index (χ1) is 11.5. The van der Waals surface area contributed by atoms with Crippen LogP contribution < -0.4 is 0 Å². The van der Waals surface area contributed by atoms with Crippen molar-refractivity contribution in [2.45, 2.75) is 25.8 Å². The Balaban J connectivity index is 1.87.